The molecule has 0 aliphatic carbocycles. The SMILES string of the molecule is CC[C@H](N)C(=O)Cl. The third-order valence-electron chi connectivity index (χ3n) is 0.731. The Labute approximate surface area is 47.6 Å². The van der Waals surface area contributed by atoms with Crippen molar-refractivity contribution in [1.82, 2.24) is 0 Å². The minimum atomic E-state index is -0.471. The van der Waals surface area contributed by atoms with Crippen LogP contribution in [-0.2, 0) is 4.79 Å². The molecule has 0 bridgehead atoms. The Bertz CT molecular complexity index is 74.1. The van der Waals surface area contributed by atoms with E-state index in [1.807, 2.05) is 6.92 Å². The summed E-state index contributed by atoms with van der Waals surface area (Å²) >= 11 is 4.96. The van der Waals surface area contributed by atoms with Gasteiger partial charge in [0.05, 0.1) is 6.04 Å². The molecule has 0 unspecified atom stereocenters. The summed E-state index contributed by atoms with van der Waals surface area (Å²) in [5, 5.41) is -0.456. The van der Waals surface area contributed by atoms with Gasteiger partial charge in [-0.25, -0.2) is 0 Å². The highest BCUT2D eigenvalue weighted by Gasteiger charge is 2.04. The summed E-state index contributed by atoms with van der Waals surface area (Å²) in [5.41, 5.74) is 5.13. The molecule has 0 fully saturated rings. The van der Waals surface area contributed by atoms with E-state index in [1.165, 1.54) is 0 Å². The van der Waals surface area contributed by atoms with Crippen molar-refractivity contribution in [3.05, 3.63) is 0 Å². The molecule has 0 aromatic heterocycles. The smallest absolute Gasteiger partial charge is 0.238 e. The van der Waals surface area contributed by atoms with Crippen molar-refractivity contribution in [2.24, 2.45) is 5.73 Å². The molecule has 0 spiro atoms. The monoisotopic (exact) mass is 121 g/mol. The number of rotatable bonds is 2. The molecular formula is C4H8ClNO. The van der Waals surface area contributed by atoms with Crippen molar-refractivity contribution in [3.63, 3.8) is 0 Å². The zero-order valence-corrected chi connectivity index (χ0v) is 4.90. The molecule has 42 valence electrons. The molecule has 3 heteroatoms. The molecule has 1 atom stereocenters. The summed E-state index contributed by atoms with van der Waals surface area (Å²) in [7, 11) is 0. The molecule has 0 saturated heterocycles. The maximum absolute atomic E-state index is 10.0. The van der Waals surface area contributed by atoms with Gasteiger partial charge in [0.15, 0.2) is 0 Å². The second-order valence-electron chi connectivity index (χ2n) is 1.32. The largest absolute Gasteiger partial charge is 0.320 e. The number of nitrogens with two attached hydrogens (primary N) is 1. The van der Waals surface area contributed by atoms with Gasteiger partial charge in [0.25, 0.3) is 0 Å². The van der Waals surface area contributed by atoms with Gasteiger partial charge in [-0.3, -0.25) is 4.79 Å². The van der Waals surface area contributed by atoms with E-state index in [4.69, 9.17) is 17.3 Å². The van der Waals surface area contributed by atoms with E-state index in [2.05, 4.69) is 0 Å². The van der Waals surface area contributed by atoms with Crippen LogP contribution in [0.5, 0.6) is 0 Å². The third-order valence-corrected chi connectivity index (χ3v) is 1.01. The van der Waals surface area contributed by atoms with Gasteiger partial charge in [0.1, 0.15) is 0 Å². The summed E-state index contributed by atoms with van der Waals surface area (Å²) in [6.07, 6.45) is 0.613. The molecule has 0 saturated carbocycles. The van der Waals surface area contributed by atoms with Crippen molar-refractivity contribution in [2.45, 2.75) is 19.4 Å². The van der Waals surface area contributed by atoms with E-state index < -0.39 is 11.3 Å². The molecule has 2 nitrogen and oxygen atoms in total. The fourth-order valence-electron chi connectivity index (χ4n) is 0.160. The van der Waals surface area contributed by atoms with Crippen LogP contribution in [0.25, 0.3) is 0 Å². The maximum Gasteiger partial charge on any atom is 0.238 e. The van der Waals surface area contributed by atoms with Crippen molar-refractivity contribution in [3.8, 4) is 0 Å². The summed E-state index contributed by atoms with van der Waals surface area (Å²) in [6.45, 7) is 1.81. The van der Waals surface area contributed by atoms with Gasteiger partial charge in [0.2, 0.25) is 5.24 Å². The average molecular weight is 122 g/mol. The lowest BCUT2D eigenvalue weighted by Crippen LogP contribution is -2.25. The zero-order valence-electron chi connectivity index (χ0n) is 4.15. The van der Waals surface area contributed by atoms with Gasteiger partial charge in [-0.15, -0.1) is 0 Å². The molecule has 0 rings (SSSR count). The molecule has 0 heterocycles. The zero-order chi connectivity index (χ0) is 5.86. The number of hydrogen-bond donors (Lipinski definition) is 1. The van der Waals surface area contributed by atoms with Gasteiger partial charge < -0.3 is 5.73 Å². The lowest BCUT2D eigenvalue weighted by molar-refractivity contribution is -0.112. The normalized spacial score (nSPS) is 13.6. The van der Waals surface area contributed by atoms with Gasteiger partial charge in [-0.2, -0.15) is 0 Å². The average Bonchev–Trinajstić information content (AvgIpc) is 1.65. The van der Waals surface area contributed by atoms with Crippen LogP contribution in [0.4, 0.5) is 0 Å². The van der Waals surface area contributed by atoms with Gasteiger partial charge in [0, 0.05) is 0 Å². The van der Waals surface area contributed by atoms with Gasteiger partial charge in [-0.1, -0.05) is 6.92 Å². The maximum atomic E-state index is 10.0. The second-order valence-corrected chi connectivity index (χ2v) is 1.69. The van der Waals surface area contributed by atoms with Crippen LogP contribution < -0.4 is 5.73 Å². The highest BCUT2D eigenvalue weighted by Crippen LogP contribution is 1.90. The lowest BCUT2D eigenvalue weighted by atomic mass is 10.3. The molecular weight excluding hydrogens is 114 g/mol. The number of hydrogen-bond acceptors (Lipinski definition) is 2. The van der Waals surface area contributed by atoms with Crippen LogP contribution in [0.1, 0.15) is 13.3 Å². The Kier molecular flexibility index (Phi) is 2.96. The highest BCUT2D eigenvalue weighted by atomic mass is 35.5. The first kappa shape index (κ1) is 6.92. The Balaban J connectivity index is 3.34. The fraction of sp³-hybridized carbons (Fsp3) is 0.750. The van der Waals surface area contributed by atoms with Crippen LogP contribution in [0.3, 0.4) is 0 Å². The third kappa shape index (κ3) is 2.60. The number of carbonyl (C=O) groups is 1. The molecule has 0 aliphatic heterocycles. The van der Waals surface area contributed by atoms with Crippen molar-refractivity contribution >= 4 is 16.8 Å². The Morgan fingerprint density at radius 2 is 2.43 bits per heavy atom. The second kappa shape index (κ2) is 2.99. The predicted octanol–water partition coefficient (Wildman–Crippen LogP) is 0.489. The van der Waals surface area contributed by atoms with E-state index in [1.54, 1.807) is 0 Å². The standard InChI is InChI=1S/C4H8ClNO/c1-2-3(6)4(5)7/h3H,2,6H2,1H3/t3-/m0/s1. The fourth-order valence-corrected chi connectivity index (χ4v) is 0.315. The van der Waals surface area contributed by atoms with Crippen LogP contribution in [0, 0.1) is 0 Å². The van der Waals surface area contributed by atoms with Crippen LogP contribution in [0.15, 0.2) is 0 Å². The molecule has 0 aromatic carbocycles. The van der Waals surface area contributed by atoms with E-state index >= 15 is 0 Å². The number of carbonyl (C=O) groups excluding carboxylic acids is 1. The molecule has 0 amide bonds. The minimum Gasteiger partial charge on any atom is -0.320 e. The van der Waals surface area contributed by atoms with E-state index in [-0.39, 0.29) is 0 Å². The summed E-state index contributed by atoms with van der Waals surface area (Å²) < 4.78 is 0. The Morgan fingerprint density at radius 3 is 2.43 bits per heavy atom. The van der Waals surface area contributed by atoms with Crippen molar-refractivity contribution < 1.29 is 4.79 Å². The lowest BCUT2D eigenvalue weighted by Gasteiger charge is -1.96. The molecule has 0 aromatic rings. The summed E-state index contributed by atoms with van der Waals surface area (Å²) in [4.78, 5) is 10.0. The van der Waals surface area contributed by atoms with Crippen molar-refractivity contribution in [2.75, 3.05) is 0 Å². The highest BCUT2D eigenvalue weighted by molar-refractivity contribution is 6.64. The Hall–Kier alpha value is -0.0800. The van der Waals surface area contributed by atoms with Crippen LogP contribution >= 0.6 is 11.6 Å². The molecule has 0 aliphatic rings. The predicted molar refractivity (Wildman–Crippen MR) is 29.1 cm³/mol. The summed E-state index contributed by atoms with van der Waals surface area (Å²) in [5.74, 6) is 0. The van der Waals surface area contributed by atoms with E-state index in [0.29, 0.717) is 6.42 Å². The van der Waals surface area contributed by atoms with Crippen LogP contribution in [0.2, 0.25) is 0 Å². The van der Waals surface area contributed by atoms with E-state index in [0.717, 1.165) is 0 Å². The molecule has 2 N–H and O–H groups in total. The van der Waals surface area contributed by atoms with Gasteiger partial charge >= 0.3 is 0 Å². The first-order valence-electron chi connectivity index (χ1n) is 2.13. The Morgan fingerprint density at radius 1 is 2.00 bits per heavy atom. The first-order valence-corrected chi connectivity index (χ1v) is 2.51. The summed E-state index contributed by atoms with van der Waals surface area (Å²) in [6, 6.07) is -0.471. The number of halogens is 1. The van der Waals surface area contributed by atoms with E-state index in [9.17, 15) is 4.79 Å². The van der Waals surface area contributed by atoms with Crippen molar-refractivity contribution in [1.29, 1.82) is 0 Å². The van der Waals surface area contributed by atoms with Gasteiger partial charge in [-0.05, 0) is 18.0 Å². The topological polar surface area (TPSA) is 43.1 Å². The molecule has 0 radical (unpaired) electrons. The quantitative estimate of drug-likeness (QED) is 0.541. The minimum absolute atomic E-state index is 0.456. The van der Waals surface area contributed by atoms with Crippen LogP contribution in [-0.4, -0.2) is 11.3 Å². The first-order chi connectivity index (χ1) is 3.18. The molecule has 7 heavy (non-hydrogen) atoms.